The fraction of sp³-hybridized carbons (Fsp3) is 1.00. The Morgan fingerprint density at radius 2 is 2.00 bits per heavy atom. The van der Waals surface area contributed by atoms with E-state index in [4.69, 9.17) is 9.47 Å². The third-order valence-electron chi connectivity index (χ3n) is 3.45. The summed E-state index contributed by atoms with van der Waals surface area (Å²) < 4.78 is 12.0. The molecular formula is C13H25NO2. The summed E-state index contributed by atoms with van der Waals surface area (Å²) in [6, 6.07) is 0. The maximum atomic E-state index is 6.09. The van der Waals surface area contributed by atoms with Gasteiger partial charge >= 0.3 is 0 Å². The number of rotatable bonds is 4. The Morgan fingerprint density at radius 1 is 1.25 bits per heavy atom. The zero-order valence-corrected chi connectivity index (χ0v) is 10.6. The van der Waals surface area contributed by atoms with Crippen molar-refractivity contribution < 1.29 is 9.47 Å². The molecule has 94 valence electrons. The summed E-state index contributed by atoms with van der Waals surface area (Å²) in [6.07, 6.45) is 6.29. The van der Waals surface area contributed by atoms with E-state index in [1.807, 2.05) is 0 Å². The van der Waals surface area contributed by atoms with Gasteiger partial charge in [-0.3, -0.25) is 0 Å². The minimum Gasteiger partial charge on any atom is -0.347 e. The van der Waals surface area contributed by atoms with Crippen LogP contribution in [0.3, 0.4) is 0 Å². The van der Waals surface area contributed by atoms with Crippen LogP contribution < -0.4 is 5.32 Å². The van der Waals surface area contributed by atoms with Crippen LogP contribution >= 0.6 is 0 Å². The van der Waals surface area contributed by atoms with Gasteiger partial charge in [0.05, 0.1) is 12.7 Å². The number of ether oxygens (including phenoxy) is 2. The van der Waals surface area contributed by atoms with Gasteiger partial charge in [0.25, 0.3) is 0 Å². The summed E-state index contributed by atoms with van der Waals surface area (Å²) in [5.41, 5.74) is 0. The third kappa shape index (κ3) is 3.19. The predicted molar refractivity (Wildman–Crippen MR) is 64.3 cm³/mol. The Morgan fingerprint density at radius 3 is 2.69 bits per heavy atom. The topological polar surface area (TPSA) is 30.5 Å². The van der Waals surface area contributed by atoms with Gasteiger partial charge in [-0.25, -0.2) is 0 Å². The van der Waals surface area contributed by atoms with E-state index in [1.54, 1.807) is 0 Å². The van der Waals surface area contributed by atoms with E-state index in [0.29, 0.717) is 5.92 Å². The Bertz CT molecular complexity index is 212. The van der Waals surface area contributed by atoms with Crippen LogP contribution in [-0.2, 0) is 9.47 Å². The van der Waals surface area contributed by atoms with Gasteiger partial charge in [0, 0.05) is 19.4 Å². The summed E-state index contributed by atoms with van der Waals surface area (Å²) in [6.45, 7) is 7.21. The first kappa shape index (κ1) is 12.3. The summed E-state index contributed by atoms with van der Waals surface area (Å²) >= 11 is 0. The van der Waals surface area contributed by atoms with Crippen molar-refractivity contribution in [2.45, 2.75) is 57.8 Å². The second-order valence-electron chi connectivity index (χ2n) is 5.57. The van der Waals surface area contributed by atoms with Crippen LogP contribution in [-0.4, -0.2) is 31.6 Å². The molecule has 1 heterocycles. The lowest BCUT2D eigenvalue weighted by atomic mass is 9.94. The molecule has 2 fully saturated rings. The summed E-state index contributed by atoms with van der Waals surface area (Å²) in [5, 5.41) is 3.44. The fourth-order valence-corrected chi connectivity index (χ4v) is 2.60. The molecule has 0 unspecified atom stereocenters. The first-order valence-corrected chi connectivity index (χ1v) is 6.73. The van der Waals surface area contributed by atoms with E-state index in [2.05, 4.69) is 19.2 Å². The standard InChI is InChI=1S/C13H25NO2/c1-11(2)8-14-9-12-10-15-13(16-12)6-4-3-5-7-13/h11-12,14H,3-10H2,1-2H3/t12-/m0/s1. The van der Waals surface area contributed by atoms with E-state index >= 15 is 0 Å². The van der Waals surface area contributed by atoms with Crippen molar-refractivity contribution >= 4 is 0 Å². The average Bonchev–Trinajstić information content (AvgIpc) is 2.62. The molecule has 1 aliphatic heterocycles. The quantitative estimate of drug-likeness (QED) is 0.799. The number of hydrogen-bond donors (Lipinski definition) is 1. The van der Waals surface area contributed by atoms with Gasteiger partial charge in [0.2, 0.25) is 0 Å². The molecule has 1 aliphatic carbocycles. The lowest BCUT2D eigenvalue weighted by Crippen LogP contribution is -2.36. The highest BCUT2D eigenvalue weighted by atomic mass is 16.7. The van der Waals surface area contributed by atoms with E-state index in [1.165, 1.54) is 19.3 Å². The minimum atomic E-state index is -0.206. The molecule has 0 amide bonds. The normalized spacial score (nSPS) is 29.1. The van der Waals surface area contributed by atoms with Crippen LogP contribution in [0.1, 0.15) is 46.0 Å². The van der Waals surface area contributed by atoms with Gasteiger partial charge in [0.15, 0.2) is 5.79 Å². The Balaban J connectivity index is 1.70. The highest BCUT2D eigenvalue weighted by Crippen LogP contribution is 2.37. The molecule has 1 atom stereocenters. The van der Waals surface area contributed by atoms with Gasteiger partial charge < -0.3 is 14.8 Å². The first-order chi connectivity index (χ1) is 7.70. The van der Waals surface area contributed by atoms with Crippen LogP contribution in [0.2, 0.25) is 0 Å². The molecule has 0 radical (unpaired) electrons. The van der Waals surface area contributed by atoms with E-state index in [9.17, 15) is 0 Å². The molecular weight excluding hydrogens is 202 g/mol. The van der Waals surface area contributed by atoms with Crippen LogP contribution in [0, 0.1) is 5.92 Å². The smallest absolute Gasteiger partial charge is 0.168 e. The molecule has 0 aromatic heterocycles. The molecule has 0 aromatic rings. The monoisotopic (exact) mass is 227 g/mol. The van der Waals surface area contributed by atoms with Crippen LogP contribution in [0.15, 0.2) is 0 Å². The molecule has 2 aliphatic rings. The van der Waals surface area contributed by atoms with Crippen molar-refractivity contribution in [3.05, 3.63) is 0 Å². The maximum absolute atomic E-state index is 6.09. The maximum Gasteiger partial charge on any atom is 0.168 e. The van der Waals surface area contributed by atoms with Crippen LogP contribution in [0.25, 0.3) is 0 Å². The number of hydrogen-bond acceptors (Lipinski definition) is 3. The zero-order valence-electron chi connectivity index (χ0n) is 10.6. The summed E-state index contributed by atoms with van der Waals surface area (Å²) in [4.78, 5) is 0. The molecule has 2 rings (SSSR count). The largest absolute Gasteiger partial charge is 0.347 e. The van der Waals surface area contributed by atoms with Gasteiger partial charge in [0.1, 0.15) is 0 Å². The first-order valence-electron chi connectivity index (χ1n) is 6.73. The van der Waals surface area contributed by atoms with Crippen LogP contribution in [0.5, 0.6) is 0 Å². The number of nitrogens with one attached hydrogen (secondary N) is 1. The van der Waals surface area contributed by atoms with Crippen LogP contribution in [0.4, 0.5) is 0 Å². The van der Waals surface area contributed by atoms with Gasteiger partial charge in [-0.05, 0) is 25.3 Å². The lowest BCUT2D eigenvalue weighted by molar-refractivity contribution is -0.186. The molecule has 3 nitrogen and oxygen atoms in total. The molecule has 1 N–H and O–H groups in total. The van der Waals surface area contributed by atoms with Crippen molar-refractivity contribution in [1.29, 1.82) is 0 Å². The minimum absolute atomic E-state index is 0.206. The molecule has 3 heteroatoms. The van der Waals surface area contributed by atoms with Crippen molar-refractivity contribution in [2.24, 2.45) is 5.92 Å². The second kappa shape index (κ2) is 5.48. The van der Waals surface area contributed by atoms with Gasteiger partial charge in [-0.2, -0.15) is 0 Å². The Hall–Kier alpha value is -0.120. The van der Waals surface area contributed by atoms with Gasteiger partial charge in [-0.1, -0.05) is 20.3 Å². The Labute approximate surface area is 98.9 Å². The van der Waals surface area contributed by atoms with E-state index < -0.39 is 0 Å². The molecule has 1 spiro atoms. The average molecular weight is 227 g/mol. The summed E-state index contributed by atoms with van der Waals surface area (Å²) in [5.74, 6) is 0.494. The third-order valence-corrected chi connectivity index (χ3v) is 3.45. The van der Waals surface area contributed by atoms with Crippen molar-refractivity contribution in [1.82, 2.24) is 5.32 Å². The molecule has 0 bridgehead atoms. The molecule has 16 heavy (non-hydrogen) atoms. The zero-order chi connectivity index (χ0) is 11.4. The summed E-state index contributed by atoms with van der Waals surface area (Å²) in [7, 11) is 0. The van der Waals surface area contributed by atoms with E-state index in [-0.39, 0.29) is 11.9 Å². The molecule has 1 saturated carbocycles. The SMILES string of the molecule is CC(C)CNC[C@H]1COC2(CCCCC2)O1. The fourth-order valence-electron chi connectivity index (χ4n) is 2.60. The van der Waals surface area contributed by atoms with E-state index in [0.717, 1.165) is 32.5 Å². The second-order valence-corrected chi connectivity index (χ2v) is 5.57. The Kier molecular flexibility index (Phi) is 4.22. The van der Waals surface area contributed by atoms with Crippen molar-refractivity contribution in [2.75, 3.05) is 19.7 Å². The molecule has 1 saturated heterocycles. The highest BCUT2D eigenvalue weighted by molar-refractivity contribution is 4.83. The van der Waals surface area contributed by atoms with Crippen molar-refractivity contribution in [3.63, 3.8) is 0 Å². The van der Waals surface area contributed by atoms with Gasteiger partial charge in [-0.15, -0.1) is 0 Å². The highest BCUT2D eigenvalue weighted by Gasteiger charge is 2.41. The molecule has 0 aromatic carbocycles. The lowest BCUT2D eigenvalue weighted by Gasteiger charge is -2.31. The van der Waals surface area contributed by atoms with Crippen molar-refractivity contribution in [3.8, 4) is 0 Å². The predicted octanol–water partition coefficient (Wildman–Crippen LogP) is 2.31.